The molecule has 1 aromatic heterocycles. The van der Waals surface area contributed by atoms with Crippen molar-refractivity contribution in [3.8, 4) is 0 Å². The fraction of sp³-hybridized carbons (Fsp3) is 0.348. The molecule has 2 atom stereocenters. The molecule has 1 amide bonds. The first kappa shape index (κ1) is 26.4. The van der Waals surface area contributed by atoms with Crippen LogP contribution in [0.5, 0.6) is 0 Å². The highest BCUT2D eigenvalue weighted by Gasteiger charge is 2.23. The number of aliphatic hydroxyl groups excluding tert-OH is 2. The first-order valence-corrected chi connectivity index (χ1v) is 10.4. The summed E-state index contributed by atoms with van der Waals surface area (Å²) in [7, 11) is 0. The van der Waals surface area contributed by atoms with Crippen LogP contribution in [0.25, 0.3) is 0 Å². The molecule has 0 aliphatic rings. The third-order valence-electron chi connectivity index (χ3n) is 4.55. The summed E-state index contributed by atoms with van der Waals surface area (Å²) < 4.78 is 10.2. The molecule has 0 aliphatic carbocycles. The molecule has 182 valence electrons. The minimum absolute atomic E-state index is 0.0132. The number of hydrogen-bond acceptors (Lipinski definition) is 9. The van der Waals surface area contributed by atoms with Crippen molar-refractivity contribution in [1.29, 1.82) is 0 Å². The van der Waals surface area contributed by atoms with Gasteiger partial charge >= 0.3 is 11.9 Å². The highest BCUT2D eigenvalue weighted by molar-refractivity contribution is 6.03. The Morgan fingerprint density at radius 1 is 1.24 bits per heavy atom. The van der Waals surface area contributed by atoms with Gasteiger partial charge in [0.25, 0.3) is 11.5 Å². The maximum atomic E-state index is 12.3. The number of anilines is 1. The number of esters is 2. The van der Waals surface area contributed by atoms with Crippen LogP contribution in [-0.4, -0.2) is 63.4 Å². The number of aryl methyl sites for hydroxylation is 1. The van der Waals surface area contributed by atoms with E-state index in [1.54, 1.807) is 19.1 Å². The number of nitrogens with zero attached hydrogens (tertiary/aromatic N) is 1. The van der Waals surface area contributed by atoms with Crippen LogP contribution in [0.4, 0.5) is 5.95 Å². The molecule has 0 aliphatic heterocycles. The average Bonchev–Trinajstić information content (AvgIpc) is 2.77. The van der Waals surface area contributed by atoms with Crippen LogP contribution in [-0.2, 0) is 25.5 Å². The normalized spacial score (nSPS) is 12.4. The van der Waals surface area contributed by atoms with E-state index in [4.69, 9.17) is 14.6 Å². The summed E-state index contributed by atoms with van der Waals surface area (Å²) in [4.78, 5) is 54.0. The van der Waals surface area contributed by atoms with Gasteiger partial charge in [-0.15, -0.1) is 0 Å². The van der Waals surface area contributed by atoms with E-state index in [0.29, 0.717) is 16.8 Å². The van der Waals surface area contributed by atoms with Crippen LogP contribution in [0.2, 0.25) is 0 Å². The summed E-state index contributed by atoms with van der Waals surface area (Å²) in [6, 6.07) is 7.48. The number of amides is 1. The van der Waals surface area contributed by atoms with Crippen molar-refractivity contribution in [1.82, 2.24) is 9.97 Å². The zero-order valence-corrected chi connectivity index (χ0v) is 18.9. The Morgan fingerprint density at radius 3 is 2.50 bits per heavy atom. The molecule has 0 bridgehead atoms. The van der Waals surface area contributed by atoms with Gasteiger partial charge < -0.3 is 19.7 Å². The van der Waals surface area contributed by atoms with Crippen molar-refractivity contribution < 1.29 is 34.1 Å². The topological polar surface area (TPSA) is 168 Å². The van der Waals surface area contributed by atoms with Gasteiger partial charge in [-0.25, -0.2) is 9.78 Å². The zero-order chi connectivity index (χ0) is 25.3. The molecular formula is C23H27N3O8. The molecule has 0 saturated heterocycles. The summed E-state index contributed by atoms with van der Waals surface area (Å²) in [6.07, 6.45) is -2.47. The fourth-order valence-corrected chi connectivity index (χ4v) is 2.78. The van der Waals surface area contributed by atoms with Crippen LogP contribution in [0.15, 0.2) is 47.3 Å². The minimum Gasteiger partial charge on any atom is -0.465 e. The molecule has 2 aromatic rings. The lowest BCUT2D eigenvalue weighted by Crippen LogP contribution is -2.35. The second-order valence-electron chi connectivity index (χ2n) is 7.55. The Balaban J connectivity index is 1.86. The van der Waals surface area contributed by atoms with Gasteiger partial charge in [-0.3, -0.25) is 24.7 Å². The molecule has 1 heterocycles. The number of ether oxygens (including phenoxy) is 2. The lowest BCUT2D eigenvalue weighted by atomic mass is 10.1. The number of aromatic amines is 1. The van der Waals surface area contributed by atoms with Crippen molar-refractivity contribution >= 4 is 23.8 Å². The van der Waals surface area contributed by atoms with Crippen LogP contribution in [0, 0.1) is 6.92 Å². The van der Waals surface area contributed by atoms with E-state index in [0.717, 1.165) is 0 Å². The molecule has 2 unspecified atom stereocenters. The van der Waals surface area contributed by atoms with Gasteiger partial charge in [0.15, 0.2) is 0 Å². The van der Waals surface area contributed by atoms with Crippen LogP contribution in [0.1, 0.15) is 35.0 Å². The third-order valence-corrected chi connectivity index (χ3v) is 4.55. The van der Waals surface area contributed by atoms with E-state index >= 15 is 0 Å². The Hall–Kier alpha value is -3.83. The van der Waals surface area contributed by atoms with E-state index in [1.165, 1.54) is 25.1 Å². The zero-order valence-electron chi connectivity index (χ0n) is 18.9. The Bertz CT molecular complexity index is 1090. The third kappa shape index (κ3) is 8.26. The largest absolute Gasteiger partial charge is 0.465 e. The number of H-pyrrole nitrogens is 1. The first-order valence-electron chi connectivity index (χ1n) is 10.4. The fourth-order valence-electron chi connectivity index (χ4n) is 2.78. The summed E-state index contributed by atoms with van der Waals surface area (Å²) in [5.74, 6) is -1.75. The summed E-state index contributed by atoms with van der Waals surface area (Å²) in [6.45, 7) is 5.75. The van der Waals surface area contributed by atoms with Gasteiger partial charge in [0.05, 0.1) is 19.6 Å². The maximum absolute atomic E-state index is 12.3. The molecule has 0 spiro atoms. The highest BCUT2D eigenvalue weighted by atomic mass is 16.6. The number of aliphatic hydroxyl groups is 2. The number of nitrogens with one attached hydrogen (secondary N) is 2. The van der Waals surface area contributed by atoms with E-state index in [2.05, 4.69) is 21.9 Å². The Labute approximate surface area is 195 Å². The van der Waals surface area contributed by atoms with Gasteiger partial charge in [-0.05, 0) is 31.5 Å². The smallest absolute Gasteiger partial charge is 0.333 e. The predicted octanol–water partition coefficient (Wildman–Crippen LogP) is 0.648. The van der Waals surface area contributed by atoms with Gasteiger partial charge in [0, 0.05) is 29.3 Å². The van der Waals surface area contributed by atoms with E-state index in [-0.39, 0.29) is 36.5 Å². The van der Waals surface area contributed by atoms with E-state index < -0.39 is 36.7 Å². The van der Waals surface area contributed by atoms with Gasteiger partial charge in [-0.2, -0.15) is 0 Å². The predicted molar refractivity (Wildman–Crippen MR) is 121 cm³/mol. The van der Waals surface area contributed by atoms with Crippen molar-refractivity contribution in [2.45, 2.75) is 38.9 Å². The summed E-state index contributed by atoms with van der Waals surface area (Å²) in [5.41, 5.74) is 1.08. The molecule has 0 radical (unpaired) electrons. The van der Waals surface area contributed by atoms with Crippen molar-refractivity contribution in [2.75, 3.05) is 18.5 Å². The number of aromatic nitrogens is 2. The van der Waals surface area contributed by atoms with Gasteiger partial charge in [0.2, 0.25) is 5.95 Å². The minimum atomic E-state index is -1.33. The maximum Gasteiger partial charge on any atom is 0.333 e. The highest BCUT2D eigenvalue weighted by Crippen LogP contribution is 2.11. The number of rotatable bonds is 11. The van der Waals surface area contributed by atoms with Crippen LogP contribution >= 0.6 is 0 Å². The lowest BCUT2D eigenvalue weighted by Gasteiger charge is -2.21. The number of carbonyl (C=O) groups excluding carboxylic acids is 3. The molecule has 0 fully saturated rings. The second-order valence-corrected chi connectivity index (χ2v) is 7.55. The molecule has 11 heteroatoms. The second kappa shape index (κ2) is 12.4. The SMILES string of the molecule is C=C(C)C(=O)OC(CCOC(=O)Cc1ccc(C(=O)Nc2nc(C)cc(=O)[nH]2)cc1)C(O)CO. The Morgan fingerprint density at radius 2 is 1.91 bits per heavy atom. The van der Waals surface area contributed by atoms with E-state index in [1.807, 2.05) is 0 Å². The van der Waals surface area contributed by atoms with E-state index in [9.17, 15) is 24.3 Å². The molecule has 11 nitrogen and oxygen atoms in total. The molecule has 4 N–H and O–H groups in total. The van der Waals surface area contributed by atoms with Crippen molar-refractivity contribution in [3.63, 3.8) is 0 Å². The lowest BCUT2D eigenvalue weighted by molar-refractivity contribution is -0.154. The first-order chi connectivity index (χ1) is 16.1. The van der Waals surface area contributed by atoms with Crippen LogP contribution in [0.3, 0.4) is 0 Å². The molecule has 2 rings (SSSR count). The van der Waals surface area contributed by atoms with Crippen molar-refractivity contribution in [2.24, 2.45) is 0 Å². The van der Waals surface area contributed by atoms with Gasteiger partial charge in [0.1, 0.15) is 12.2 Å². The van der Waals surface area contributed by atoms with Crippen molar-refractivity contribution in [3.05, 3.63) is 69.7 Å². The number of carbonyl (C=O) groups is 3. The molecular weight excluding hydrogens is 446 g/mol. The molecule has 0 saturated carbocycles. The Kier molecular flexibility index (Phi) is 9.65. The average molecular weight is 473 g/mol. The number of benzene rings is 1. The quantitative estimate of drug-likeness (QED) is 0.270. The summed E-state index contributed by atoms with van der Waals surface area (Å²) >= 11 is 0. The molecule has 34 heavy (non-hydrogen) atoms. The monoisotopic (exact) mass is 473 g/mol. The summed E-state index contributed by atoms with van der Waals surface area (Å²) in [5, 5.41) is 21.4. The van der Waals surface area contributed by atoms with Gasteiger partial charge in [-0.1, -0.05) is 18.7 Å². The standard InChI is InChI=1S/C23H27N3O8/c1-13(2)22(32)34-18(17(28)12-27)8-9-33-20(30)11-15-4-6-16(7-5-15)21(31)26-23-24-14(3)10-19(29)25-23/h4-7,10,17-18,27-28H,1,8-9,11-12H2,2-3H3,(H2,24,25,26,29,31). The number of hydrogen-bond donors (Lipinski definition) is 4. The van der Waals surface area contributed by atoms with Crippen LogP contribution < -0.4 is 10.9 Å². The molecule has 1 aromatic carbocycles.